The van der Waals surface area contributed by atoms with Gasteiger partial charge in [-0.05, 0) is 26.3 Å². The van der Waals surface area contributed by atoms with Gasteiger partial charge in [-0.2, -0.15) is 4.31 Å². The normalized spacial score (nSPS) is 24.1. The van der Waals surface area contributed by atoms with E-state index in [4.69, 9.17) is 4.74 Å². The van der Waals surface area contributed by atoms with Crippen molar-refractivity contribution >= 4 is 10.0 Å². The Hall–Kier alpha value is -0.170. The molecule has 0 aliphatic carbocycles. The highest BCUT2D eigenvalue weighted by molar-refractivity contribution is 7.89. The zero-order valence-electron chi connectivity index (χ0n) is 11.7. The van der Waals surface area contributed by atoms with Gasteiger partial charge in [0.1, 0.15) is 0 Å². The highest BCUT2D eigenvalue weighted by Crippen LogP contribution is 2.18. The molecule has 1 aliphatic rings. The molecule has 6 heteroatoms. The number of hydrogen-bond acceptors (Lipinski definition) is 4. The maximum atomic E-state index is 12.5. The molecule has 0 amide bonds. The van der Waals surface area contributed by atoms with E-state index in [2.05, 4.69) is 12.2 Å². The van der Waals surface area contributed by atoms with E-state index >= 15 is 0 Å². The van der Waals surface area contributed by atoms with Crippen LogP contribution < -0.4 is 5.32 Å². The Morgan fingerprint density at radius 3 is 2.78 bits per heavy atom. The van der Waals surface area contributed by atoms with Crippen LogP contribution in [0, 0.1) is 0 Å². The lowest BCUT2D eigenvalue weighted by Crippen LogP contribution is -2.52. The second kappa shape index (κ2) is 7.43. The van der Waals surface area contributed by atoms with Crippen molar-refractivity contribution in [1.82, 2.24) is 9.62 Å². The van der Waals surface area contributed by atoms with Crippen LogP contribution in [-0.4, -0.2) is 56.9 Å². The fourth-order valence-electron chi connectivity index (χ4n) is 2.11. The molecular weight excluding hydrogens is 252 g/mol. The Morgan fingerprint density at radius 2 is 2.17 bits per heavy atom. The van der Waals surface area contributed by atoms with Crippen molar-refractivity contribution in [3.63, 3.8) is 0 Å². The first-order valence-electron chi connectivity index (χ1n) is 6.83. The molecule has 0 aromatic heterocycles. The van der Waals surface area contributed by atoms with Gasteiger partial charge in [0, 0.05) is 19.1 Å². The smallest absolute Gasteiger partial charge is 0.218 e. The van der Waals surface area contributed by atoms with Gasteiger partial charge >= 0.3 is 0 Å². The van der Waals surface area contributed by atoms with E-state index in [-0.39, 0.29) is 11.3 Å². The molecule has 1 saturated heterocycles. The molecule has 2 unspecified atom stereocenters. The molecule has 0 aromatic carbocycles. The van der Waals surface area contributed by atoms with Gasteiger partial charge < -0.3 is 10.1 Å². The SMILES string of the molecule is CCCNCC(C)S(=O)(=O)N1CCOCC1CC. The van der Waals surface area contributed by atoms with Crippen LogP contribution in [0.5, 0.6) is 0 Å². The molecule has 0 aromatic rings. The molecule has 1 fully saturated rings. The van der Waals surface area contributed by atoms with E-state index < -0.39 is 10.0 Å². The number of nitrogens with zero attached hydrogens (tertiary/aromatic N) is 1. The fourth-order valence-corrected chi connectivity index (χ4v) is 3.86. The summed E-state index contributed by atoms with van der Waals surface area (Å²) in [5, 5.41) is 2.80. The monoisotopic (exact) mass is 278 g/mol. The second-order valence-corrected chi connectivity index (χ2v) is 7.11. The quantitative estimate of drug-likeness (QED) is 0.700. The van der Waals surface area contributed by atoms with Crippen molar-refractivity contribution in [1.29, 1.82) is 0 Å². The predicted octanol–water partition coefficient (Wildman–Crippen LogP) is 0.815. The van der Waals surface area contributed by atoms with E-state index in [1.807, 2.05) is 6.92 Å². The van der Waals surface area contributed by atoms with Crippen molar-refractivity contribution in [2.45, 2.75) is 44.9 Å². The largest absolute Gasteiger partial charge is 0.378 e. The van der Waals surface area contributed by atoms with E-state index in [1.165, 1.54) is 0 Å². The molecular formula is C12H26N2O3S. The highest BCUT2D eigenvalue weighted by Gasteiger charge is 2.35. The van der Waals surface area contributed by atoms with Crippen molar-refractivity contribution < 1.29 is 13.2 Å². The Bertz CT molecular complexity index is 332. The third kappa shape index (κ3) is 3.91. The minimum absolute atomic E-state index is 0.00243. The first kappa shape index (κ1) is 15.9. The number of nitrogens with one attached hydrogen (secondary N) is 1. The van der Waals surface area contributed by atoms with E-state index in [1.54, 1.807) is 11.2 Å². The number of rotatable bonds is 7. The zero-order valence-corrected chi connectivity index (χ0v) is 12.5. The lowest BCUT2D eigenvalue weighted by Gasteiger charge is -2.35. The van der Waals surface area contributed by atoms with Crippen LogP contribution in [-0.2, 0) is 14.8 Å². The molecule has 0 saturated carbocycles. The van der Waals surface area contributed by atoms with Gasteiger partial charge in [0.2, 0.25) is 10.0 Å². The standard InChI is InChI=1S/C12H26N2O3S/c1-4-6-13-9-11(3)18(15,16)14-7-8-17-10-12(14)5-2/h11-13H,4-10H2,1-3H3. The Labute approximate surface area is 111 Å². The summed E-state index contributed by atoms with van der Waals surface area (Å²) in [5.74, 6) is 0. The average Bonchev–Trinajstić information content (AvgIpc) is 2.38. The predicted molar refractivity (Wildman–Crippen MR) is 73.1 cm³/mol. The summed E-state index contributed by atoms with van der Waals surface area (Å²) < 4.78 is 31.9. The number of sulfonamides is 1. The van der Waals surface area contributed by atoms with Gasteiger partial charge in [-0.25, -0.2) is 8.42 Å². The third-order valence-corrected chi connectivity index (χ3v) is 5.66. The Morgan fingerprint density at radius 1 is 1.44 bits per heavy atom. The van der Waals surface area contributed by atoms with Crippen LogP contribution in [0.25, 0.3) is 0 Å². The van der Waals surface area contributed by atoms with Crippen molar-refractivity contribution in [3.05, 3.63) is 0 Å². The van der Waals surface area contributed by atoms with Gasteiger partial charge in [-0.1, -0.05) is 13.8 Å². The molecule has 0 radical (unpaired) electrons. The van der Waals surface area contributed by atoms with E-state index in [0.717, 1.165) is 19.4 Å². The van der Waals surface area contributed by atoms with Gasteiger partial charge in [0.15, 0.2) is 0 Å². The number of hydrogen-bond donors (Lipinski definition) is 1. The first-order valence-corrected chi connectivity index (χ1v) is 8.33. The van der Waals surface area contributed by atoms with Crippen molar-refractivity contribution in [2.24, 2.45) is 0 Å². The first-order chi connectivity index (χ1) is 8.54. The summed E-state index contributed by atoms with van der Waals surface area (Å²) in [5.41, 5.74) is 0. The molecule has 0 spiro atoms. The molecule has 1 aliphatic heterocycles. The van der Waals surface area contributed by atoms with Crippen LogP contribution >= 0.6 is 0 Å². The fraction of sp³-hybridized carbons (Fsp3) is 1.00. The zero-order chi connectivity index (χ0) is 13.6. The van der Waals surface area contributed by atoms with Crippen LogP contribution in [0.15, 0.2) is 0 Å². The average molecular weight is 278 g/mol. The lowest BCUT2D eigenvalue weighted by molar-refractivity contribution is 0.0310. The highest BCUT2D eigenvalue weighted by atomic mass is 32.2. The summed E-state index contributed by atoms with van der Waals surface area (Å²) >= 11 is 0. The lowest BCUT2D eigenvalue weighted by atomic mass is 10.2. The van der Waals surface area contributed by atoms with Gasteiger partial charge in [0.05, 0.1) is 18.5 Å². The molecule has 18 heavy (non-hydrogen) atoms. The Kier molecular flexibility index (Phi) is 6.55. The van der Waals surface area contributed by atoms with E-state index in [9.17, 15) is 8.42 Å². The summed E-state index contributed by atoms with van der Waals surface area (Å²) in [7, 11) is -3.21. The summed E-state index contributed by atoms with van der Waals surface area (Å²) in [6.07, 6.45) is 1.82. The maximum absolute atomic E-state index is 12.5. The summed E-state index contributed by atoms with van der Waals surface area (Å²) in [6.45, 7) is 8.74. The molecule has 5 nitrogen and oxygen atoms in total. The van der Waals surface area contributed by atoms with Crippen molar-refractivity contribution in [2.75, 3.05) is 32.8 Å². The maximum Gasteiger partial charge on any atom is 0.218 e. The third-order valence-electron chi connectivity index (χ3n) is 3.34. The minimum atomic E-state index is -3.21. The Balaban J connectivity index is 2.65. The number of morpholine rings is 1. The number of ether oxygens (including phenoxy) is 1. The van der Waals surface area contributed by atoms with Crippen LogP contribution in [0.2, 0.25) is 0 Å². The molecule has 0 bridgehead atoms. The second-order valence-electron chi connectivity index (χ2n) is 4.81. The van der Waals surface area contributed by atoms with E-state index in [0.29, 0.717) is 26.3 Å². The van der Waals surface area contributed by atoms with Crippen molar-refractivity contribution in [3.8, 4) is 0 Å². The molecule has 1 heterocycles. The molecule has 1 N–H and O–H groups in total. The van der Waals surface area contributed by atoms with Gasteiger partial charge in [-0.15, -0.1) is 0 Å². The van der Waals surface area contributed by atoms with Crippen LogP contribution in [0.1, 0.15) is 33.6 Å². The molecule has 108 valence electrons. The summed E-state index contributed by atoms with van der Waals surface area (Å²) in [6, 6.07) is -0.00243. The van der Waals surface area contributed by atoms with Crippen LogP contribution in [0.3, 0.4) is 0 Å². The van der Waals surface area contributed by atoms with Crippen LogP contribution in [0.4, 0.5) is 0 Å². The molecule has 1 rings (SSSR count). The molecule has 2 atom stereocenters. The van der Waals surface area contributed by atoms with Gasteiger partial charge in [-0.3, -0.25) is 0 Å². The minimum Gasteiger partial charge on any atom is -0.378 e. The van der Waals surface area contributed by atoms with Gasteiger partial charge in [0.25, 0.3) is 0 Å². The summed E-state index contributed by atoms with van der Waals surface area (Å²) in [4.78, 5) is 0. The topological polar surface area (TPSA) is 58.6 Å².